The minimum Gasteiger partial charge on any atom is -0.508 e. The van der Waals surface area contributed by atoms with E-state index in [1.165, 1.54) is 28.8 Å². The third-order valence-corrected chi connectivity index (χ3v) is 2.27. The highest BCUT2D eigenvalue weighted by Gasteiger charge is 2.05. The molecule has 0 radical (unpaired) electrons. The Hall–Kier alpha value is -2.10. The summed E-state index contributed by atoms with van der Waals surface area (Å²) in [7, 11) is 0. The van der Waals surface area contributed by atoms with Crippen LogP contribution in [-0.2, 0) is 0 Å². The maximum Gasteiger partial charge on any atom is 0.258 e. The van der Waals surface area contributed by atoms with Crippen molar-refractivity contribution >= 4 is 0 Å². The molecule has 0 unspecified atom stereocenters. The Morgan fingerprint density at radius 1 is 1.25 bits per heavy atom. The summed E-state index contributed by atoms with van der Waals surface area (Å²) in [6, 6.07) is 8.29. The maximum atomic E-state index is 13.0. The SMILES string of the molecule is Cc1cc(O)cc(=O)n1-c1cccc(F)c1. The van der Waals surface area contributed by atoms with E-state index in [9.17, 15) is 14.3 Å². The zero-order valence-electron chi connectivity index (χ0n) is 8.64. The van der Waals surface area contributed by atoms with Crippen molar-refractivity contribution in [2.24, 2.45) is 0 Å². The second-order valence-corrected chi connectivity index (χ2v) is 3.51. The molecule has 1 heterocycles. The molecule has 0 atom stereocenters. The van der Waals surface area contributed by atoms with Gasteiger partial charge in [0.25, 0.3) is 5.56 Å². The van der Waals surface area contributed by atoms with Gasteiger partial charge in [-0.15, -0.1) is 0 Å². The van der Waals surface area contributed by atoms with Crippen LogP contribution in [0.4, 0.5) is 4.39 Å². The maximum absolute atomic E-state index is 13.0. The van der Waals surface area contributed by atoms with Crippen molar-refractivity contribution in [3.8, 4) is 11.4 Å². The summed E-state index contributed by atoms with van der Waals surface area (Å²) in [5, 5.41) is 9.23. The molecule has 2 rings (SSSR count). The number of benzene rings is 1. The molecular formula is C12H10FNO2. The van der Waals surface area contributed by atoms with Crippen molar-refractivity contribution in [2.45, 2.75) is 6.92 Å². The average molecular weight is 219 g/mol. The van der Waals surface area contributed by atoms with Crippen LogP contribution in [0, 0.1) is 12.7 Å². The number of rotatable bonds is 1. The van der Waals surface area contributed by atoms with Crippen LogP contribution in [0.15, 0.2) is 41.2 Å². The highest BCUT2D eigenvalue weighted by molar-refractivity contribution is 5.36. The van der Waals surface area contributed by atoms with E-state index >= 15 is 0 Å². The largest absolute Gasteiger partial charge is 0.508 e. The minimum atomic E-state index is -0.406. The highest BCUT2D eigenvalue weighted by atomic mass is 19.1. The predicted molar refractivity (Wildman–Crippen MR) is 58.4 cm³/mol. The Morgan fingerprint density at radius 3 is 2.62 bits per heavy atom. The first-order valence-electron chi connectivity index (χ1n) is 4.76. The second kappa shape index (κ2) is 3.81. The molecule has 0 amide bonds. The minimum absolute atomic E-state index is 0.0878. The zero-order chi connectivity index (χ0) is 11.7. The molecule has 82 valence electrons. The average Bonchev–Trinajstić information content (AvgIpc) is 2.15. The number of hydrogen-bond acceptors (Lipinski definition) is 2. The number of pyridine rings is 1. The Labute approximate surface area is 91.4 Å². The standard InChI is InChI=1S/C12H10FNO2/c1-8-5-11(15)7-12(16)14(8)10-4-2-3-9(13)6-10/h2-7,15H,1H3. The molecule has 0 aliphatic rings. The third kappa shape index (κ3) is 1.82. The molecule has 0 aliphatic carbocycles. The third-order valence-electron chi connectivity index (χ3n) is 2.27. The number of aromatic nitrogens is 1. The van der Waals surface area contributed by atoms with Crippen LogP contribution in [-0.4, -0.2) is 9.67 Å². The molecule has 16 heavy (non-hydrogen) atoms. The molecule has 1 N–H and O–H groups in total. The van der Waals surface area contributed by atoms with Gasteiger partial charge in [0.05, 0.1) is 5.69 Å². The van der Waals surface area contributed by atoms with Crippen LogP contribution in [0.2, 0.25) is 0 Å². The summed E-state index contributed by atoms with van der Waals surface area (Å²) >= 11 is 0. The monoisotopic (exact) mass is 219 g/mol. The van der Waals surface area contributed by atoms with Crippen LogP contribution < -0.4 is 5.56 Å². The number of nitrogens with zero attached hydrogens (tertiary/aromatic N) is 1. The van der Waals surface area contributed by atoms with Crippen LogP contribution in [0.25, 0.3) is 5.69 Å². The number of halogens is 1. The fraction of sp³-hybridized carbons (Fsp3) is 0.0833. The summed E-state index contributed by atoms with van der Waals surface area (Å²) in [6.45, 7) is 1.67. The number of hydrogen-bond donors (Lipinski definition) is 1. The van der Waals surface area contributed by atoms with Crippen LogP contribution in [0.5, 0.6) is 5.75 Å². The first-order chi connectivity index (χ1) is 7.58. The van der Waals surface area contributed by atoms with E-state index < -0.39 is 5.82 Å². The first-order valence-corrected chi connectivity index (χ1v) is 4.76. The molecule has 0 fully saturated rings. The quantitative estimate of drug-likeness (QED) is 0.797. The molecular weight excluding hydrogens is 209 g/mol. The van der Waals surface area contributed by atoms with E-state index in [2.05, 4.69) is 0 Å². The Morgan fingerprint density at radius 2 is 2.00 bits per heavy atom. The fourth-order valence-corrected chi connectivity index (χ4v) is 1.63. The van der Waals surface area contributed by atoms with Gasteiger partial charge >= 0.3 is 0 Å². The van der Waals surface area contributed by atoms with Crippen LogP contribution in [0.3, 0.4) is 0 Å². The van der Waals surface area contributed by atoms with Gasteiger partial charge < -0.3 is 5.11 Å². The summed E-state index contributed by atoms with van der Waals surface area (Å²) in [6.07, 6.45) is 0. The fourth-order valence-electron chi connectivity index (χ4n) is 1.63. The molecule has 0 bridgehead atoms. The van der Waals surface area contributed by atoms with Crippen molar-refractivity contribution in [1.82, 2.24) is 4.57 Å². The normalized spacial score (nSPS) is 10.4. The van der Waals surface area contributed by atoms with Gasteiger partial charge in [0.15, 0.2) is 0 Å². The lowest BCUT2D eigenvalue weighted by Crippen LogP contribution is -2.19. The lowest BCUT2D eigenvalue weighted by molar-refractivity contribution is 0.472. The van der Waals surface area contributed by atoms with Gasteiger partial charge in [0.2, 0.25) is 0 Å². The smallest absolute Gasteiger partial charge is 0.258 e. The molecule has 1 aromatic heterocycles. The second-order valence-electron chi connectivity index (χ2n) is 3.51. The Balaban J connectivity index is 2.70. The molecule has 4 heteroatoms. The van der Waals surface area contributed by atoms with Crippen molar-refractivity contribution in [3.05, 3.63) is 58.3 Å². The van der Waals surface area contributed by atoms with Crippen molar-refractivity contribution in [2.75, 3.05) is 0 Å². The number of aryl methyl sites for hydroxylation is 1. The van der Waals surface area contributed by atoms with Gasteiger partial charge in [-0.1, -0.05) is 6.07 Å². The zero-order valence-corrected chi connectivity index (χ0v) is 8.64. The van der Waals surface area contributed by atoms with Crippen LogP contribution in [0.1, 0.15) is 5.69 Å². The van der Waals surface area contributed by atoms with Crippen LogP contribution >= 0.6 is 0 Å². The summed E-state index contributed by atoms with van der Waals surface area (Å²) < 4.78 is 14.4. The van der Waals surface area contributed by atoms with Crippen molar-refractivity contribution in [3.63, 3.8) is 0 Å². The van der Waals surface area contributed by atoms with Crippen molar-refractivity contribution < 1.29 is 9.50 Å². The molecule has 0 saturated carbocycles. The van der Waals surface area contributed by atoms with Gasteiger partial charge in [-0.3, -0.25) is 9.36 Å². The van der Waals surface area contributed by atoms with Gasteiger partial charge in [0, 0.05) is 11.8 Å². The van der Waals surface area contributed by atoms with Gasteiger partial charge in [0.1, 0.15) is 11.6 Å². The van der Waals surface area contributed by atoms with Crippen molar-refractivity contribution in [1.29, 1.82) is 0 Å². The summed E-state index contributed by atoms with van der Waals surface area (Å²) in [5.41, 5.74) is 0.612. The van der Waals surface area contributed by atoms with E-state index in [-0.39, 0.29) is 11.3 Å². The topological polar surface area (TPSA) is 42.2 Å². The lowest BCUT2D eigenvalue weighted by Gasteiger charge is -2.09. The van der Waals surface area contributed by atoms with E-state index in [0.717, 1.165) is 6.07 Å². The first kappa shape index (κ1) is 10.4. The number of aromatic hydroxyl groups is 1. The molecule has 0 spiro atoms. The lowest BCUT2D eigenvalue weighted by atomic mass is 10.2. The molecule has 0 aliphatic heterocycles. The summed E-state index contributed by atoms with van der Waals surface area (Å²) in [4.78, 5) is 11.7. The highest BCUT2D eigenvalue weighted by Crippen LogP contribution is 2.13. The molecule has 0 saturated heterocycles. The van der Waals surface area contributed by atoms with Gasteiger partial charge in [-0.25, -0.2) is 4.39 Å². The van der Waals surface area contributed by atoms with E-state index in [4.69, 9.17) is 0 Å². The van der Waals surface area contributed by atoms with E-state index in [1.807, 2.05) is 0 Å². The van der Waals surface area contributed by atoms with E-state index in [1.54, 1.807) is 13.0 Å². The molecule has 3 nitrogen and oxygen atoms in total. The Kier molecular flexibility index (Phi) is 2.48. The van der Waals surface area contributed by atoms with E-state index in [0.29, 0.717) is 11.4 Å². The Bertz CT molecular complexity index is 590. The predicted octanol–water partition coefficient (Wildman–Crippen LogP) is 1.99. The summed E-state index contributed by atoms with van der Waals surface area (Å²) in [5.74, 6) is -0.493. The molecule has 2 aromatic rings. The van der Waals surface area contributed by atoms with Gasteiger partial charge in [-0.05, 0) is 31.2 Å². The van der Waals surface area contributed by atoms with Gasteiger partial charge in [-0.2, -0.15) is 0 Å². The molecule has 1 aromatic carbocycles.